The molecule has 2 rings (SSSR count). The van der Waals surface area contributed by atoms with Gasteiger partial charge in [0.15, 0.2) is 5.84 Å². The number of oxime groups is 1. The van der Waals surface area contributed by atoms with Gasteiger partial charge in [0.25, 0.3) is 5.91 Å². The second-order valence-corrected chi connectivity index (χ2v) is 5.73. The highest BCUT2D eigenvalue weighted by Gasteiger charge is 2.37. The van der Waals surface area contributed by atoms with Crippen LogP contribution in [0.3, 0.4) is 0 Å². The summed E-state index contributed by atoms with van der Waals surface area (Å²) in [6.45, 7) is 1.84. The molecule has 0 aliphatic heterocycles. The van der Waals surface area contributed by atoms with Crippen LogP contribution < -0.4 is 11.1 Å². The second-order valence-electron chi connectivity index (χ2n) is 5.73. The highest BCUT2D eigenvalue weighted by atomic mass is 16.4. The Labute approximate surface area is 124 Å². The molecule has 0 atom stereocenters. The van der Waals surface area contributed by atoms with Gasteiger partial charge in [-0.25, -0.2) is 0 Å². The molecule has 116 valence electrons. The van der Waals surface area contributed by atoms with Gasteiger partial charge in [-0.2, -0.15) is 5.10 Å². The smallest absolute Gasteiger partial charge is 0.270 e. The van der Waals surface area contributed by atoms with Crippen molar-refractivity contribution in [3.05, 3.63) is 17.5 Å². The van der Waals surface area contributed by atoms with Crippen LogP contribution in [-0.2, 0) is 7.05 Å². The SMILES string of the molecule is Cc1cc(C(=O)NC2(C(N)=NO)CCCCCC2)n(C)n1. The first-order valence-electron chi connectivity index (χ1n) is 7.30. The average molecular weight is 293 g/mol. The van der Waals surface area contributed by atoms with Crippen molar-refractivity contribution in [2.24, 2.45) is 17.9 Å². The maximum atomic E-state index is 12.5. The van der Waals surface area contributed by atoms with Gasteiger partial charge in [0.1, 0.15) is 11.2 Å². The number of rotatable bonds is 3. The molecule has 1 fully saturated rings. The monoisotopic (exact) mass is 293 g/mol. The normalized spacial score (nSPS) is 19.0. The van der Waals surface area contributed by atoms with Gasteiger partial charge in [-0.15, -0.1) is 0 Å². The molecule has 21 heavy (non-hydrogen) atoms. The van der Waals surface area contributed by atoms with Gasteiger partial charge >= 0.3 is 0 Å². The number of hydrogen-bond donors (Lipinski definition) is 3. The van der Waals surface area contributed by atoms with E-state index in [0.717, 1.165) is 31.4 Å². The van der Waals surface area contributed by atoms with Crippen molar-refractivity contribution in [2.75, 3.05) is 0 Å². The summed E-state index contributed by atoms with van der Waals surface area (Å²) >= 11 is 0. The van der Waals surface area contributed by atoms with Crippen LogP contribution in [0.25, 0.3) is 0 Å². The van der Waals surface area contributed by atoms with Gasteiger partial charge in [-0.1, -0.05) is 30.8 Å². The van der Waals surface area contributed by atoms with E-state index in [2.05, 4.69) is 15.6 Å². The summed E-state index contributed by atoms with van der Waals surface area (Å²) in [4.78, 5) is 12.5. The lowest BCUT2D eigenvalue weighted by Crippen LogP contribution is -2.57. The molecule has 1 saturated carbocycles. The van der Waals surface area contributed by atoms with Crippen LogP contribution in [-0.4, -0.2) is 32.3 Å². The summed E-state index contributed by atoms with van der Waals surface area (Å²) in [6, 6.07) is 1.73. The summed E-state index contributed by atoms with van der Waals surface area (Å²) in [7, 11) is 1.73. The third kappa shape index (κ3) is 3.17. The van der Waals surface area contributed by atoms with E-state index in [1.165, 1.54) is 0 Å². The molecule has 1 heterocycles. The molecule has 0 spiro atoms. The fraction of sp³-hybridized carbons (Fsp3) is 0.643. The minimum atomic E-state index is -0.763. The van der Waals surface area contributed by atoms with Crippen molar-refractivity contribution in [1.82, 2.24) is 15.1 Å². The lowest BCUT2D eigenvalue weighted by Gasteiger charge is -2.32. The molecule has 1 aliphatic rings. The minimum absolute atomic E-state index is 0.0802. The number of nitrogens with one attached hydrogen (secondary N) is 1. The number of carbonyl (C=O) groups excluding carboxylic acids is 1. The summed E-state index contributed by atoms with van der Waals surface area (Å²) in [5.74, 6) is -0.164. The summed E-state index contributed by atoms with van der Waals surface area (Å²) in [6.07, 6.45) is 5.46. The van der Waals surface area contributed by atoms with E-state index in [0.29, 0.717) is 18.5 Å². The van der Waals surface area contributed by atoms with Crippen molar-refractivity contribution >= 4 is 11.7 Å². The molecule has 0 unspecified atom stereocenters. The molecule has 7 heteroatoms. The molecule has 0 bridgehead atoms. The van der Waals surface area contributed by atoms with Crippen LogP contribution in [0.4, 0.5) is 0 Å². The maximum absolute atomic E-state index is 12.5. The van der Waals surface area contributed by atoms with Crippen molar-refractivity contribution < 1.29 is 10.0 Å². The van der Waals surface area contributed by atoms with Gasteiger partial charge in [0.05, 0.1) is 5.69 Å². The molecule has 0 saturated heterocycles. The predicted molar refractivity (Wildman–Crippen MR) is 79.3 cm³/mol. The number of carbonyl (C=O) groups is 1. The molecule has 1 aromatic heterocycles. The van der Waals surface area contributed by atoms with Gasteiger partial charge in [0, 0.05) is 7.05 Å². The van der Waals surface area contributed by atoms with Crippen LogP contribution >= 0.6 is 0 Å². The van der Waals surface area contributed by atoms with Crippen LogP contribution in [0.5, 0.6) is 0 Å². The van der Waals surface area contributed by atoms with Crippen molar-refractivity contribution in [3.8, 4) is 0 Å². The first kappa shape index (κ1) is 15.3. The number of nitrogens with two attached hydrogens (primary N) is 1. The fourth-order valence-corrected chi connectivity index (χ4v) is 2.98. The third-order valence-electron chi connectivity index (χ3n) is 4.14. The molecule has 7 nitrogen and oxygen atoms in total. The summed E-state index contributed by atoms with van der Waals surface area (Å²) < 4.78 is 1.54. The molecular formula is C14H23N5O2. The van der Waals surface area contributed by atoms with E-state index >= 15 is 0 Å². The van der Waals surface area contributed by atoms with Gasteiger partial charge in [0.2, 0.25) is 0 Å². The number of aromatic nitrogens is 2. The Morgan fingerprint density at radius 2 is 2.05 bits per heavy atom. The van der Waals surface area contributed by atoms with Gasteiger partial charge in [-0.05, 0) is 25.8 Å². The van der Waals surface area contributed by atoms with Crippen molar-refractivity contribution in [1.29, 1.82) is 0 Å². The first-order chi connectivity index (χ1) is 9.98. The predicted octanol–water partition coefficient (Wildman–Crippen LogP) is 1.30. The molecule has 0 radical (unpaired) electrons. The van der Waals surface area contributed by atoms with Crippen LogP contribution in [0, 0.1) is 6.92 Å². The summed E-state index contributed by atoms with van der Waals surface area (Å²) in [5, 5.41) is 19.4. The number of aryl methyl sites for hydroxylation is 2. The summed E-state index contributed by atoms with van der Waals surface area (Å²) in [5.41, 5.74) is 6.37. The van der Waals surface area contributed by atoms with E-state index < -0.39 is 5.54 Å². The first-order valence-corrected chi connectivity index (χ1v) is 7.30. The average Bonchev–Trinajstić information content (AvgIpc) is 2.66. The molecule has 1 aromatic rings. The Kier molecular flexibility index (Phi) is 4.50. The van der Waals surface area contributed by atoms with E-state index in [9.17, 15) is 4.79 Å². The third-order valence-corrected chi connectivity index (χ3v) is 4.14. The number of amides is 1. The zero-order valence-corrected chi connectivity index (χ0v) is 12.6. The van der Waals surface area contributed by atoms with E-state index in [1.807, 2.05) is 6.92 Å². The number of nitrogens with zero attached hydrogens (tertiary/aromatic N) is 3. The number of amidine groups is 1. The Balaban J connectivity index is 2.26. The maximum Gasteiger partial charge on any atom is 0.270 e. The quantitative estimate of drug-likeness (QED) is 0.257. The molecule has 1 aliphatic carbocycles. The van der Waals surface area contributed by atoms with Crippen LogP contribution in [0.2, 0.25) is 0 Å². The van der Waals surface area contributed by atoms with Gasteiger partial charge in [-0.3, -0.25) is 9.48 Å². The zero-order chi connectivity index (χ0) is 15.5. The van der Waals surface area contributed by atoms with Crippen LogP contribution in [0.1, 0.15) is 54.7 Å². The fourth-order valence-electron chi connectivity index (χ4n) is 2.98. The molecule has 0 aromatic carbocycles. The van der Waals surface area contributed by atoms with Crippen molar-refractivity contribution in [2.45, 2.75) is 51.0 Å². The lowest BCUT2D eigenvalue weighted by atomic mass is 9.88. The molecule has 4 N–H and O–H groups in total. The van der Waals surface area contributed by atoms with E-state index in [-0.39, 0.29) is 11.7 Å². The zero-order valence-electron chi connectivity index (χ0n) is 12.6. The Bertz CT molecular complexity index is 542. The molecule has 1 amide bonds. The second kappa shape index (κ2) is 6.15. The molecular weight excluding hydrogens is 270 g/mol. The largest absolute Gasteiger partial charge is 0.409 e. The number of hydrogen-bond acceptors (Lipinski definition) is 4. The van der Waals surface area contributed by atoms with Crippen molar-refractivity contribution in [3.63, 3.8) is 0 Å². The topological polar surface area (TPSA) is 106 Å². The standard InChI is InChI=1S/C14H23N5O2/c1-10-9-11(19(2)17-10)12(20)16-14(13(15)18-21)7-5-3-4-6-8-14/h9,21H,3-8H2,1-2H3,(H2,15,18)(H,16,20). The lowest BCUT2D eigenvalue weighted by molar-refractivity contribution is 0.0905. The minimum Gasteiger partial charge on any atom is -0.409 e. The highest BCUT2D eigenvalue weighted by Crippen LogP contribution is 2.28. The van der Waals surface area contributed by atoms with Crippen LogP contribution in [0.15, 0.2) is 11.2 Å². The van der Waals surface area contributed by atoms with Gasteiger partial charge < -0.3 is 16.3 Å². The Hall–Kier alpha value is -2.05. The highest BCUT2D eigenvalue weighted by molar-refractivity contribution is 5.99. The Morgan fingerprint density at radius 3 is 2.52 bits per heavy atom. The van der Waals surface area contributed by atoms with E-state index in [4.69, 9.17) is 10.9 Å². The van der Waals surface area contributed by atoms with E-state index in [1.54, 1.807) is 17.8 Å². The Morgan fingerprint density at radius 1 is 1.43 bits per heavy atom.